The van der Waals surface area contributed by atoms with Crippen molar-refractivity contribution in [3.05, 3.63) is 48.2 Å². The number of carbonyl (C=O) groups is 1. The summed E-state index contributed by atoms with van der Waals surface area (Å²) in [5.74, 6) is -0.172. The van der Waals surface area contributed by atoms with Gasteiger partial charge in [-0.2, -0.15) is 0 Å². The van der Waals surface area contributed by atoms with Crippen molar-refractivity contribution in [3.8, 4) is 11.3 Å². The maximum atomic E-state index is 11.8. The summed E-state index contributed by atoms with van der Waals surface area (Å²) in [5.41, 5.74) is 2.65. The van der Waals surface area contributed by atoms with Crippen molar-refractivity contribution in [3.63, 3.8) is 0 Å². The second-order valence-electron chi connectivity index (χ2n) is 4.01. The molecular weight excluding hydrogens is 228 g/mol. The predicted octanol–water partition coefficient (Wildman–Crippen LogP) is 1.41. The minimum Gasteiger partial charge on any atom is -0.395 e. The van der Waals surface area contributed by atoms with Crippen molar-refractivity contribution in [2.45, 2.75) is 0 Å². The van der Waals surface area contributed by atoms with Crippen LogP contribution in [-0.4, -0.2) is 28.7 Å². The Labute approximate surface area is 106 Å². The average Bonchev–Trinajstić information content (AvgIpc) is 2.79. The number of carbonyl (C=O) groups excluding carboxylic acids is 1. The summed E-state index contributed by atoms with van der Waals surface area (Å²) in [6.45, 7) is 0.215. The van der Waals surface area contributed by atoms with Crippen molar-refractivity contribution in [1.29, 1.82) is 0 Å². The second kappa shape index (κ2) is 5.51. The van der Waals surface area contributed by atoms with Crippen LogP contribution in [0.5, 0.6) is 0 Å². The molecule has 0 atom stereocenters. The van der Waals surface area contributed by atoms with Crippen LogP contribution in [-0.2, 0) is 7.05 Å². The Morgan fingerprint density at radius 2 is 1.94 bits per heavy atom. The Kier molecular flexibility index (Phi) is 3.79. The largest absolute Gasteiger partial charge is 0.395 e. The molecular formula is C14H16N2O2. The number of amides is 1. The number of aliphatic hydroxyl groups excluding tert-OH is 1. The molecule has 0 spiro atoms. The molecule has 1 aromatic carbocycles. The van der Waals surface area contributed by atoms with Gasteiger partial charge in [0.05, 0.1) is 6.61 Å². The molecule has 94 valence electrons. The third kappa shape index (κ3) is 2.43. The van der Waals surface area contributed by atoms with E-state index in [9.17, 15) is 4.79 Å². The monoisotopic (exact) mass is 244 g/mol. The van der Waals surface area contributed by atoms with Gasteiger partial charge in [-0.05, 0) is 17.7 Å². The highest BCUT2D eigenvalue weighted by atomic mass is 16.3. The molecule has 1 heterocycles. The highest BCUT2D eigenvalue weighted by molar-refractivity contribution is 5.93. The van der Waals surface area contributed by atoms with Gasteiger partial charge in [0.1, 0.15) is 5.69 Å². The lowest BCUT2D eigenvalue weighted by Gasteiger charge is -2.08. The standard InChI is InChI=1S/C14H16N2O2/c1-16-12(11-5-3-2-4-6-11)7-8-13(16)14(18)15-9-10-17/h2-8,17H,9-10H2,1H3,(H,15,18). The van der Waals surface area contributed by atoms with Crippen LogP contribution in [0.25, 0.3) is 11.3 Å². The number of aromatic nitrogens is 1. The molecule has 2 aromatic rings. The van der Waals surface area contributed by atoms with E-state index >= 15 is 0 Å². The van der Waals surface area contributed by atoms with Gasteiger partial charge >= 0.3 is 0 Å². The van der Waals surface area contributed by atoms with Crippen molar-refractivity contribution in [1.82, 2.24) is 9.88 Å². The highest BCUT2D eigenvalue weighted by Gasteiger charge is 2.12. The lowest BCUT2D eigenvalue weighted by molar-refractivity contribution is 0.0937. The van der Waals surface area contributed by atoms with Crippen molar-refractivity contribution in [2.24, 2.45) is 7.05 Å². The summed E-state index contributed by atoms with van der Waals surface area (Å²) in [5, 5.41) is 11.3. The van der Waals surface area contributed by atoms with Crippen LogP contribution in [0, 0.1) is 0 Å². The molecule has 0 unspecified atom stereocenters. The minimum absolute atomic E-state index is 0.0539. The van der Waals surface area contributed by atoms with E-state index in [1.807, 2.05) is 48.0 Å². The molecule has 0 bridgehead atoms. The molecule has 4 nitrogen and oxygen atoms in total. The third-order valence-electron chi connectivity index (χ3n) is 2.82. The third-order valence-corrected chi connectivity index (χ3v) is 2.82. The van der Waals surface area contributed by atoms with Crippen LogP contribution in [0.1, 0.15) is 10.5 Å². The van der Waals surface area contributed by atoms with E-state index in [-0.39, 0.29) is 19.1 Å². The van der Waals surface area contributed by atoms with Crippen molar-refractivity contribution < 1.29 is 9.90 Å². The van der Waals surface area contributed by atoms with Gasteiger partial charge in [0, 0.05) is 19.3 Å². The highest BCUT2D eigenvalue weighted by Crippen LogP contribution is 2.20. The van der Waals surface area contributed by atoms with E-state index in [4.69, 9.17) is 5.11 Å². The average molecular weight is 244 g/mol. The zero-order chi connectivity index (χ0) is 13.0. The van der Waals surface area contributed by atoms with Crippen LogP contribution in [0.4, 0.5) is 0 Å². The van der Waals surface area contributed by atoms with Crippen molar-refractivity contribution >= 4 is 5.91 Å². The molecule has 0 saturated heterocycles. The van der Waals surface area contributed by atoms with E-state index in [0.29, 0.717) is 5.69 Å². The van der Waals surface area contributed by atoms with E-state index in [1.165, 1.54) is 0 Å². The molecule has 2 N–H and O–H groups in total. The summed E-state index contributed by atoms with van der Waals surface area (Å²) in [6.07, 6.45) is 0. The molecule has 0 aliphatic rings. The van der Waals surface area contributed by atoms with Gasteiger partial charge in [0.2, 0.25) is 0 Å². The fraction of sp³-hybridized carbons (Fsp3) is 0.214. The van der Waals surface area contributed by atoms with Gasteiger partial charge in [0.15, 0.2) is 0 Å². The molecule has 2 rings (SSSR count). The number of nitrogens with zero attached hydrogens (tertiary/aromatic N) is 1. The number of benzene rings is 1. The lowest BCUT2D eigenvalue weighted by Crippen LogP contribution is -2.28. The predicted molar refractivity (Wildman–Crippen MR) is 70.3 cm³/mol. The molecule has 18 heavy (non-hydrogen) atoms. The zero-order valence-corrected chi connectivity index (χ0v) is 10.3. The number of nitrogens with one attached hydrogen (secondary N) is 1. The molecule has 0 fully saturated rings. The quantitative estimate of drug-likeness (QED) is 0.854. The van der Waals surface area contributed by atoms with Crippen molar-refractivity contribution in [2.75, 3.05) is 13.2 Å². The lowest BCUT2D eigenvalue weighted by atomic mass is 10.2. The maximum absolute atomic E-state index is 11.8. The zero-order valence-electron chi connectivity index (χ0n) is 10.3. The van der Waals surface area contributed by atoms with Crippen LogP contribution in [0.2, 0.25) is 0 Å². The Morgan fingerprint density at radius 1 is 1.22 bits per heavy atom. The Balaban J connectivity index is 2.27. The smallest absolute Gasteiger partial charge is 0.267 e. The first-order valence-electron chi connectivity index (χ1n) is 5.84. The summed E-state index contributed by atoms with van der Waals surface area (Å²) in [6, 6.07) is 13.6. The van der Waals surface area contributed by atoms with Gasteiger partial charge in [-0.15, -0.1) is 0 Å². The summed E-state index contributed by atoms with van der Waals surface area (Å²) >= 11 is 0. The Bertz CT molecular complexity index is 532. The second-order valence-corrected chi connectivity index (χ2v) is 4.01. The van der Waals surface area contributed by atoms with Crippen LogP contribution in [0.15, 0.2) is 42.5 Å². The Hall–Kier alpha value is -2.07. The Morgan fingerprint density at radius 3 is 2.61 bits per heavy atom. The fourth-order valence-electron chi connectivity index (χ4n) is 1.90. The SMILES string of the molecule is Cn1c(C(=O)NCCO)ccc1-c1ccccc1. The molecule has 0 radical (unpaired) electrons. The number of hydrogen-bond donors (Lipinski definition) is 2. The number of hydrogen-bond acceptors (Lipinski definition) is 2. The van der Waals surface area contributed by atoms with Gasteiger partial charge in [-0.25, -0.2) is 0 Å². The summed E-state index contributed by atoms with van der Waals surface area (Å²) in [4.78, 5) is 11.8. The molecule has 0 saturated carbocycles. The minimum atomic E-state index is -0.172. The first kappa shape index (κ1) is 12.4. The van der Waals surface area contributed by atoms with Gasteiger partial charge in [-0.1, -0.05) is 30.3 Å². The van der Waals surface area contributed by atoms with E-state index in [1.54, 1.807) is 6.07 Å². The van der Waals surface area contributed by atoms with Crippen LogP contribution >= 0.6 is 0 Å². The fourth-order valence-corrected chi connectivity index (χ4v) is 1.90. The summed E-state index contributed by atoms with van der Waals surface area (Å²) < 4.78 is 1.85. The molecule has 0 aliphatic heterocycles. The maximum Gasteiger partial charge on any atom is 0.267 e. The first-order valence-corrected chi connectivity index (χ1v) is 5.84. The molecule has 0 aliphatic carbocycles. The first-order chi connectivity index (χ1) is 8.74. The molecule has 1 amide bonds. The number of rotatable bonds is 4. The van der Waals surface area contributed by atoms with E-state index in [2.05, 4.69) is 5.32 Å². The normalized spacial score (nSPS) is 10.3. The van der Waals surface area contributed by atoms with E-state index < -0.39 is 0 Å². The number of aliphatic hydroxyl groups is 1. The van der Waals surface area contributed by atoms with Gasteiger partial charge < -0.3 is 15.0 Å². The van der Waals surface area contributed by atoms with E-state index in [0.717, 1.165) is 11.3 Å². The van der Waals surface area contributed by atoms with Gasteiger partial charge in [-0.3, -0.25) is 4.79 Å². The summed E-state index contributed by atoms with van der Waals surface area (Å²) in [7, 11) is 1.86. The molecule has 4 heteroatoms. The van der Waals surface area contributed by atoms with Gasteiger partial charge in [0.25, 0.3) is 5.91 Å². The van der Waals surface area contributed by atoms with Crippen LogP contribution < -0.4 is 5.32 Å². The topological polar surface area (TPSA) is 54.3 Å². The molecule has 1 aromatic heterocycles. The van der Waals surface area contributed by atoms with Crippen LogP contribution in [0.3, 0.4) is 0 Å².